The Hall–Kier alpha value is -2.37. The van der Waals surface area contributed by atoms with Crippen molar-refractivity contribution in [2.45, 2.75) is 44.9 Å². The van der Waals surface area contributed by atoms with Crippen LogP contribution in [-0.2, 0) is 24.1 Å². The van der Waals surface area contributed by atoms with E-state index in [-0.39, 0.29) is 24.1 Å². The van der Waals surface area contributed by atoms with Crippen LogP contribution in [0.15, 0.2) is 36.4 Å². The molecule has 2 aromatic carbocycles. The van der Waals surface area contributed by atoms with Gasteiger partial charge in [-0.1, -0.05) is 18.2 Å². The number of phenols is 1. The molecule has 30 heavy (non-hydrogen) atoms. The first-order valence-corrected chi connectivity index (χ1v) is 10.6. The third-order valence-corrected chi connectivity index (χ3v) is 5.94. The molecule has 0 fully saturated rings. The first-order valence-electron chi connectivity index (χ1n) is 10.6. The third-order valence-electron chi connectivity index (χ3n) is 5.94. The van der Waals surface area contributed by atoms with E-state index >= 15 is 0 Å². The Kier molecular flexibility index (Phi) is 7.51. The zero-order valence-corrected chi connectivity index (χ0v) is 18.0. The van der Waals surface area contributed by atoms with E-state index in [2.05, 4.69) is 5.32 Å². The van der Waals surface area contributed by atoms with E-state index in [1.807, 2.05) is 35.2 Å². The van der Waals surface area contributed by atoms with Gasteiger partial charge in [0.25, 0.3) is 0 Å². The summed E-state index contributed by atoms with van der Waals surface area (Å²) in [7, 11) is 0. The minimum absolute atomic E-state index is 0. The summed E-state index contributed by atoms with van der Waals surface area (Å²) in [6, 6.07) is 11.4. The number of aryl methyl sites for hydroxylation is 1. The van der Waals surface area contributed by atoms with Crippen molar-refractivity contribution < 1.29 is 14.7 Å². The fourth-order valence-corrected chi connectivity index (χ4v) is 4.37. The lowest BCUT2D eigenvalue weighted by Gasteiger charge is -2.25. The van der Waals surface area contributed by atoms with Crippen molar-refractivity contribution in [2.75, 3.05) is 24.5 Å². The van der Waals surface area contributed by atoms with Crippen LogP contribution < -0.4 is 10.2 Å². The summed E-state index contributed by atoms with van der Waals surface area (Å²) in [4.78, 5) is 26.6. The van der Waals surface area contributed by atoms with Crippen LogP contribution in [0.25, 0.3) is 0 Å². The normalized spacial score (nSPS) is 14.4. The molecule has 160 valence electrons. The molecule has 2 aromatic rings. The number of phenolic OH excluding ortho intramolecular Hbond substituents is 1. The monoisotopic (exact) mass is 428 g/mol. The van der Waals surface area contributed by atoms with Crippen molar-refractivity contribution in [1.82, 2.24) is 5.32 Å². The van der Waals surface area contributed by atoms with Gasteiger partial charge in [-0.05, 0) is 80.1 Å². The predicted octanol–water partition coefficient (Wildman–Crippen LogP) is 3.83. The standard InChI is InChI=1S/C24H28N2O3.ClH/c27-21-6-2-1-5-17(21)10-13-25-12-4-3-7-22(28)20-15-18-8-9-23(29)26-14-11-19(16-20)24(18)26;/h1-2,5-6,15-16,25,27H,3-4,7-14H2;1H. The maximum Gasteiger partial charge on any atom is 0.227 e. The number of nitrogens with one attached hydrogen (secondary N) is 1. The van der Waals surface area contributed by atoms with E-state index in [1.54, 1.807) is 6.07 Å². The number of hydrogen-bond acceptors (Lipinski definition) is 4. The zero-order valence-electron chi connectivity index (χ0n) is 17.2. The van der Waals surface area contributed by atoms with E-state index in [0.29, 0.717) is 18.6 Å². The summed E-state index contributed by atoms with van der Waals surface area (Å²) in [5.74, 6) is 0.764. The Morgan fingerprint density at radius 2 is 1.80 bits per heavy atom. The second-order valence-corrected chi connectivity index (χ2v) is 7.95. The molecule has 5 nitrogen and oxygen atoms in total. The number of ketones is 1. The average Bonchev–Trinajstić information content (AvgIpc) is 3.16. The van der Waals surface area contributed by atoms with Gasteiger partial charge in [-0.25, -0.2) is 0 Å². The Bertz CT molecular complexity index is 929. The van der Waals surface area contributed by atoms with Crippen molar-refractivity contribution >= 4 is 29.8 Å². The molecule has 0 saturated heterocycles. The number of para-hydroxylation sites is 1. The lowest BCUT2D eigenvalue weighted by Crippen LogP contribution is -2.32. The number of halogens is 1. The number of anilines is 1. The second-order valence-electron chi connectivity index (χ2n) is 7.95. The number of carbonyl (C=O) groups excluding carboxylic acids is 2. The van der Waals surface area contributed by atoms with E-state index in [4.69, 9.17) is 0 Å². The fraction of sp³-hybridized carbons (Fsp3) is 0.417. The first-order chi connectivity index (χ1) is 14.1. The van der Waals surface area contributed by atoms with Crippen LogP contribution in [0.1, 0.15) is 52.7 Å². The highest BCUT2D eigenvalue weighted by atomic mass is 35.5. The Morgan fingerprint density at radius 3 is 2.60 bits per heavy atom. The molecule has 0 atom stereocenters. The molecular weight excluding hydrogens is 400 g/mol. The van der Waals surface area contributed by atoms with Crippen LogP contribution in [0.3, 0.4) is 0 Å². The maximum absolute atomic E-state index is 12.7. The van der Waals surface area contributed by atoms with Crippen molar-refractivity contribution in [3.8, 4) is 5.75 Å². The van der Waals surface area contributed by atoms with Crippen LogP contribution in [0, 0.1) is 0 Å². The largest absolute Gasteiger partial charge is 0.508 e. The maximum atomic E-state index is 12.7. The van der Waals surface area contributed by atoms with Crippen LogP contribution in [0.5, 0.6) is 5.75 Å². The van der Waals surface area contributed by atoms with Crippen molar-refractivity contribution in [3.63, 3.8) is 0 Å². The molecular formula is C24H29ClN2O3. The Morgan fingerprint density at radius 1 is 1.03 bits per heavy atom. The molecule has 0 aromatic heterocycles. The van der Waals surface area contributed by atoms with Gasteiger partial charge in [0.15, 0.2) is 5.78 Å². The molecule has 2 heterocycles. The highest BCUT2D eigenvalue weighted by Crippen LogP contribution is 2.37. The average molecular weight is 429 g/mol. The molecule has 0 bridgehead atoms. The van der Waals surface area contributed by atoms with E-state index < -0.39 is 0 Å². The van der Waals surface area contributed by atoms with Crippen LogP contribution in [-0.4, -0.2) is 36.4 Å². The third kappa shape index (κ3) is 4.85. The summed E-state index contributed by atoms with van der Waals surface area (Å²) in [6.45, 7) is 2.44. The number of rotatable bonds is 9. The number of unbranched alkanes of at least 4 members (excludes halogenated alkanes) is 1. The molecule has 0 saturated carbocycles. The van der Waals surface area contributed by atoms with Gasteiger partial charge >= 0.3 is 0 Å². The van der Waals surface area contributed by atoms with E-state index in [9.17, 15) is 14.7 Å². The Labute approximate surface area is 183 Å². The number of nitrogens with zero attached hydrogens (tertiary/aromatic N) is 1. The first kappa shape index (κ1) is 22.3. The Balaban J connectivity index is 0.00000256. The minimum Gasteiger partial charge on any atom is -0.508 e. The summed E-state index contributed by atoms with van der Waals surface area (Å²) < 4.78 is 0. The molecule has 0 spiro atoms. The van der Waals surface area contributed by atoms with E-state index in [0.717, 1.165) is 79.7 Å². The van der Waals surface area contributed by atoms with E-state index in [1.165, 1.54) is 0 Å². The molecule has 6 heteroatoms. The predicted molar refractivity (Wildman–Crippen MR) is 121 cm³/mol. The summed E-state index contributed by atoms with van der Waals surface area (Å²) in [5, 5.41) is 13.1. The van der Waals surface area contributed by atoms with Gasteiger partial charge in [0, 0.05) is 24.9 Å². The highest BCUT2D eigenvalue weighted by molar-refractivity contribution is 6.02. The molecule has 2 N–H and O–H groups in total. The van der Waals surface area contributed by atoms with Gasteiger partial charge in [0.1, 0.15) is 5.75 Å². The number of amides is 1. The van der Waals surface area contributed by atoms with Gasteiger partial charge < -0.3 is 15.3 Å². The van der Waals surface area contributed by atoms with Gasteiger partial charge in [-0.15, -0.1) is 12.4 Å². The van der Waals surface area contributed by atoms with Gasteiger partial charge in [0.2, 0.25) is 5.91 Å². The molecule has 0 unspecified atom stereocenters. The summed E-state index contributed by atoms with van der Waals surface area (Å²) in [5.41, 5.74) is 5.16. The van der Waals surface area contributed by atoms with Crippen molar-refractivity contribution in [2.24, 2.45) is 0 Å². The minimum atomic E-state index is 0. The quantitative estimate of drug-likeness (QED) is 0.470. The van der Waals surface area contributed by atoms with Crippen molar-refractivity contribution in [3.05, 3.63) is 58.7 Å². The molecule has 2 aliphatic heterocycles. The topological polar surface area (TPSA) is 69.6 Å². The smallest absolute Gasteiger partial charge is 0.227 e. The lowest BCUT2D eigenvalue weighted by molar-refractivity contribution is -0.118. The number of hydrogen-bond donors (Lipinski definition) is 2. The van der Waals surface area contributed by atoms with Crippen LogP contribution in [0.4, 0.5) is 5.69 Å². The summed E-state index contributed by atoms with van der Waals surface area (Å²) >= 11 is 0. The van der Waals surface area contributed by atoms with Crippen molar-refractivity contribution in [1.29, 1.82) is 0 Å². The molecule has 0 aliphatic carbocycles. The SMILES string of the molecule is Cl.O=C(CCCCNCCc1ccccc1O)c1cc2c3c(c1)CCN3C(=O)CC2. The number of Topliss-reactive ketones (excluding diaryl/α,β-unsaturated/α-hetero) is 1. The molecule has 1 amide bonds. The van der Waals surface area contributed by atoms with Gasteiger partial charge in [0.05, 0.1) is 5.69 Å². The number of carbonyl (C=O) groups is 2. The van der Waals surface area contributed by atoms with Gasteiger partial charge in [-0.3, -0.25) is 9.59 Å². The molecule has 4 rings (SSSR count). The highest BCUT2D eigenvalue weighted by Gasteiger charge is 2.31. The summed E-state index contributed by atoms with van der Waals surface area (Å²) in [6.07, 6.45) is 5.32. The fourth-order valence-electron chi connectivity index (χ4n) is 4.37. The van der Waals surface area contributed by atoms with Crippen LogP contribution in [0.2, 0.25) is 0 Å². The van der Waals surface area contributed by atoms with Gasteiger partial charge in [-0.2, -0.15) is 0 Å². The molecule has 2 aliphatic rings. The van der Waals surface area contributed by atoms with Crippen LogP contribution >= 0.6 is 12.4 Å². The second kappa shape index (κ2) is 10.1. The lowest BCUT2D eigenvalue weighted by atomic mass is 9.94. The zero-order chi connectivity index (χ0) is 20.2. The number of benzene rings is 2. The number of aromatic hydroxyl groups is 1. The molecule has 0 radical (unpaired) electrons.